The van der Waals surface area contributed by atoms with Crippen molar-refractivity contribution in [3.8, 4) is 0 Å². The van der Waals surface area contributed by atoms with E-state index in [-0.39, 0.29) is 0 Å². The summed E-state index contributed by atoms with van der Waals surface area (Å²) in [7, 11) is 0. The van der Waals surface area contributed by atoms with Crippen molar-refractivity contribution >= 4 is 42.5 Å². The van der Waals surface area contributed by atoms with E-state index >= 15 is 0 Å². The number of benzene rings is 2. The van der Waals surface area contributed by atoms with Crippen LogP contribution in [0.2, 0.25) is 0 Å². The third-order valence-electron chi connectivity index (χ3n) is 2.98. The molecule has 17 heavy (non-hydrogen) atoms. The lowest BCUT2D eigenvalue weighted by Gasteiger charge is -1.97. The first-order valence-electron chi connectivity index (χ1n) is 5.44. The van der Waals surface area contributed by atoms with Crippen LogP contribution in [0.3, 0.4) is 0 Å². The van der Waals surface area contributed by atoms with Gasteiger partial charge in [0.2, 0.25) is 0 Å². The van der Waals surface area contributed by atoms with Gasteiger partial charge in [0.1, 0.15) is 0 Å². The van der Waals surface area contributed by atoms with E-state index in [4.69, 9.17) is 0 Å². The highest BCUT2D eigenvalue weighted by atomic mass is 32.1. The van der Waals surface area contributed by atoms with Crippen molar-refractivity contribution < 1.29 is 0 Å². The molecule has 0 saturated heterocycles. The number of rotatable bonds is 0. The lowest BCUT2D eigenvalue weighted by atomic mass is 10.1. The summed E-state index contributed by atoms with van der Waals surface area (Å²) >= 11 is 1.81. The van der Waals surface area contributed by atoms with E-state index in [1.807, 2.05) is 17.4 Å². The van der Waals surface area contributed by atoms with Gasteiger partial charge in [0, 0.05) is 32.6 Å². The van der Waals surface area contributed by atoms with Crippen molar-refractivity contribution in [1.29, 1.82) is 0 Å². The average Bonchev–Trinajstić information content (AvgIpc) is 2.77. The molecule has 0 spiro atoms. The Morgan fingerprint density at radius 3 is 2.71 bits per heavy atom. The van der Waals surface area contributed by atoms with E-state index in [0.717, 1.165) is 11.0 Å². The lowest BCUT2D eigenvalue weighted by molar-refractivity contribution is 1.31. The van der Waals surface area contributed by atoms with Gasteiger partial charge in [-0.15, -0.1) is 11.3 Å². The molecular formula is C14H8N2S. The summed E-state index contributed by atoms with van der Waals surface area (Å²) in [5, 5.41) is 2.51. The molecule has 0 aliphatic carbocycles. The molecule has 0 bridgehead atoms. The highest BCUT2D eigenvalue weighted by Crippen LogP contribution is 2.36. The Hall–Kier alpha value is -2.00. The Kier molecular flexibility index (Phi) is 1.73. The molecule has 4 aromatic rings. The normalized spacial score (nSPS) is 11.5. The number of fused-ring (bicyclic) bond motifs is 5. The zero-order chi connectivity index (χ0) is 11.2. The summed E-state index contributed by atoms with van der Waals surface area (Å²) < 4.78 is 2.58. The van der Waals surface area contributed by atoms with Gasteiger partial charge >= 0.3 is 0 Å². The van der Waals surface area contributed by atoms with Crippen LogP contribution < -0.4 is 0 Å². The first kappa shape index (κ1) is 9.07. The zero-order valence-electron chi connectivity index (χ0n) is 8.92. The smallest absolute Gasteiger partial charge is 0.0979 e. The minimum Gasteiger partial charge on any atom is -0.253 e. The maximum absolute atomic E-state index is 4.48. The van der Waals surface area contributed by atoms with Gasteiger partial charge < -0.3 is 0 Å². The van der Waals surface area contributed by atoms with Gasteiger partial charge in [0.25, 0.3) is 0 Å². The van der Waals surface area contributed by atoms with E-state index < -0.39 is 0 Å². The van der Waals surface area contributed by atoms with Crippen LogP contribution >= 0.6 is 11.3 Å². The van der Waals surface area contributed by atoms with Gasteiger partial charge in [0.05, 0.1) is 11.0 Å². The molecule has 0 atom stereocenters. The second-order valence-corrected chi connectivity index (χ2v) is 5.04. The van der Waals surface area contributed by atoms with Crippen molar-refractivity contribution in [2.24, 2.45) is 0 Å². The predicted octanol–water partition coefficient (Wildman–Crippen LogP) is 4.00. The Balaban J connectivity index is 2.38. The van der Waals surface area contributed by atoms with Crippen LogP contribution in [0.15, 0.2) is 48.8 Å². The predicted molar refractivity (Wildman–Crippen MR) is 72.4 cm³/mol. The lowest BCUT2D eigenvalue weighted by Crippen LogP contribution is -1.81. The van der Waals surface area contributed by atoms with Crippen molar-refractivity contribution in [3.05, 3.63) is 48.8 Å². The number of nitrogens with zero attached hydrogens (tertiary/aromatic N) is 2. The third kappa shape index (κ3) is 1.20. The van der Waals surface area contributed by atoms with Gasteiger partial charge in [-0.3, -0.25) is 9.97 Å². The summed E-state index contributed by atoms with van der Waals surface area (Å²) in [6, 6.07) is 12.6. The number of aromatic nitrogens is 2. The Bertz CT molecular complexity index is 842. The summed E-state index contributed by atoms with van der Waals surface area (Å²) in [5.41, 5.74) is 1.96. The van der Waals surface area contributed by atoms with Crippen molar-refractivity contribution in [3.63, 3.8) is 0 Å². The van der Waals surface area contributed by atoms with Gasteiger partial charge in [-0.05, 0) is 18.2 Å². The number of thiophene rings is 1. The second-order valence-electron chi connectivity index (χ2n) is 3.96. The van der Waals surface area contributed by atoms with Crippen molar-refractivity contribution in [2.45, 2.75) is 0 Å². The molecule has 0 N–H and O–H groups in total. The fourth-order valence-electron chi connectivity index (χ4n) is 2.24. The number of hydrogen-bond donors (Lipinski definition) is 0. The topological polar surface area (TPSA) is 25.8 Å². The van der Waals surface area contributed by atoms with Crippen LogP contribution in [0, 0.1) is 0 Å². The minimum absolute atomic E-state index is 0.962. The fourth-order valence-corrected chi connectivity index (χ4v) is 3.35. The molecule has 2 aromatic heterocycles. The van der Waals surface area contributed by atoms with Crippen LogP contribution in [0.4, 0.5) is 0 Å². The molecule has 80 valence electrons. The minimum atomic E-state index is 0.962. The van der Waals surface area contributed by atoms with Crippen LogP contribution in [-0.4, -0.2) is 9.97 Å². The molecule has 2 heterocycles. The largest absolute Gasteiger partial charge is 0.253 e. The highest BCUT2D eigenvalue weighted by Gasteiger charge is 2.08. The SMILES string of the molecule is c1ccc2c(c1)sc1ccc3nccnc3c12. The molecule has 3 heteroatoms. The van der Waals surface area contributed by atoms with Crippen LogP contribution in [0.25, 0.3) is 31.2 Å². The summed E-state index contributed by atoms with van der Waals surface area (Å²) in [6.07, 6.45) is 3.50. The van der Waals surface area contributed by atoms with E-state index in [1.54, 1.807) is 12.4 Å². The molecule has 2 nitrogen and oxygen atoms in total. The van der Waals surface area contributed by atoms with E-state index in [2.05, 4.69) is 40.3 Å². The van der Waals surface area contributed by atoms with Gasteiger partial charge in [-0.25, -0.2) is 0 Å². The molecule has 0 saturated carbocycles. The molecule has 0 unspecified atom stereocenters. The molecular weight excluding hydrogens is 228 g/mol. The zero-order valence-corrected chi connectivity index (χ0v) is 9.74. The first-order valence-corrected chi connectivity index (χ1v) is 6.26. The first-order chi connectivity index (χ1) is 8.43. The van der Waals surface area contributed by atoms with E-state index in [0.29, 0.717) is 0 Å². The standard InChI is InChI=1S/C14H8N2S/c1-2-4-11-9(3-1)13-12(17-11)6-5-10-14(13)16-8-7-15-10/h1-8H. The monoisotopic (exact) mass is 236 g/mol. The molecule has 0 amide bonds. The highest BCUT2D eigenvalue weighted by molar-refractivity contribution is 7.26. The third-order valence-corrected chi connectivity index (χ3v) is 4.11. The molecule has 2 aromatic carbocycles. The average molecular weight is 236 g/mol. The van der Waals surface area contributed by atoms with Crippen LogP contribution in [0.5, 0.6) is 0 Å². The van der Waals surface area contributed by atoms with Crippen LogP contribution in [0.1, 0.15) is 0 Å². The van der Waals surface area contributed by atoms with Crippen LogP contribution in [-0.2, 0) is 0 Å². The molecule has 4 rings (SSSR count). The maximum Gasteiger partial charge on any atom is 0.0979 e. The van der Waals surface area contributed by atoms with Gasteiger partial charge in [-0.2, -0.15) is 0 Å². The van der Waals surface area contributed by atoms with E-state index in [9.17, 15) is 0 Å². The summed E-state index contributed by atoms with van der Waals surface area (Å²) in [5.74, 6) is 0. The molecule has 0 radical (unpaired) electrons. The van der Waals surface area contributed by atoms with Crippen molar-refractivity contribution in [2.75, 3.05) is 0 Å². The Morgan fingerprint density at radius 1 is 0.824 bits per heavy atom. The quantitative estimate of drug-likeness (QED) is 0.461. The van der Waals surface area contributed by atoms with Crippen molar-refractivity contribution in [1.82, 2.24) is 9.97 Å². The van der Waals surface area contributed by atoms with Gasteiger partial charge in [0.15, 0.2) is 0 Å². The molecule has 0 aliphatic rings. The fraction of sp³-hybridized carbons (Fsp3) is 0. The molecule has 0 aliphatic heterocycles. The second kappa shape index (κ2) is 3.25. The summed E-state index contributed by atoms with van der Waals surface area (Å²) in [4.78, 5) is 8.84. The number of hydrogen-bond acceptors (Lipinski definition) is 3. The maximum atomic E-state index is 4.48. The Morgan fingerprint density at radius 2 is 1.71 bits per heavy atom. The Labute approximate surface area is 102 Å². The summed E-state index contributed by atoms with van der Waals surface area (Å²) in [6.45, 7) is 0. The van der Waals surface area contributed by atoms with Gasteiger partial charge in [-0.1, -0.05) is 18.2 Å². The molecule has 0 fully saturated rings. The van der Waals surface area contributed by atoms with E-state index in [1.165, 1.54) is 20.2 Å².